The molecule has 0 amide bonds. The van der Waals surface area contributed by atoms with Crippen molar-refractivity contribution < 1.29 is 4.42 Å². The number of furan rings is 1. The molecule has 1 heterocycles. The number of nitrogens with zero attached hydrogens (tertiary/aromatic N) is 1. The average Bonchev–Trinajstić information content (AvgIpc) is 3.76. The molecule has 0 aliphatic carbocycles. The summed E-state index contributed by atoms with van der Waals surface area (Å²) >= 11 is 0. The molecule has 12 rings (SSSR count). The normalized spacial score (nSPS) is 11.4. The van der Waals surface area contributed by atoms with Crippen LogP contribution in [0, 0.1) is 0 Å². The number of rotatable bonds is 8. The van der Waals surface area contributed by atoms with E-state index in [0.717, 1.165) is 61.3 Å². The summed E-state index contributed by atoms with van der Waals surface area (Å²) in [7, 11) is 0. The van der Waals surface area contributed by atoms with Crippen molar-refractivity contribution in [2.75, 3.05) is 4.90 Å². The number of hydrogen-bond donors (Lipinski definition) is 0. The number of para-hydroxylation sites is 3. The van der Waals surface area contributed by atoms with Crippen LogP contribution >= 0.6 is 0 Å². The van der Waals surface area contributed by atoms with Crippen LogP contribution < -0.4 is 4.90 Å². The van der Waals surface area contributed by atoms with Gasteiger partial charge in [-0.1, -0.05) is 212 Å². The van der Waals surface area contributed by atoms with Gasteiger partial charge in [0.15, 0.2) is 0 Å². The molecule has 0 saturated carbocycles. The molecule has 2 nitrogen and oxygen atoms in total. The maximum atomic E-state index is 6.47. The zero-order valence-electron chi connectivity index (χ0n) is 35.0. The second kappa shape index (κ2) is 15.8. The molecular formula is C62H41NO. The number of benzene rings is 11. The summed E-state index contributed by atoms with van der Waals surface area (Å²) in [5, 5.41) is 7.25. The van der Waals surface area contributed by atoms with Crippen molar-refractivity contribution in [2.45, 2.75) is 0 Å². The molecule has 64 heavy (non-hydrogen) atoms. The molecule has 0 bridgehead atoms. The predicted molar refractivity (Wildman–Crippen MR) is 271 cm³/mol. The van der Waals surface area contributed by atoms with E-state index < -0.39 is 0 Å². The molecule has 0 atom stereocenters. The summed E-state index contributed by atoms with van der Waals surface area (Å²) in [6.07, 6.45) is 0. The van der Waals surface area contributed by atoms with Gasteiger partial charge in [0.05, 0.1) is 5.69 Å². The van der Waals surface area contributed by atoms with E-state index in [1.807, 2.05) is 12.1 Å². The Labute approximate surface area is 372 Å². The van der Waals surface area contributed by atoms with Crippen molar-refractivity contribution >= 4 is 60.5 Å². The Hall–Kier alpha value is -8.46. The first-order valence-corrected chi connectivity index (χ1v) is 21.9. The molecule has 300 valence electrons. The molecule has 0 aliphatic heterocycles. The van der Waals surface area contributed by atoms with Crippen molar-refractivity contribution in [3.8, 4) is 55.6 Å². The number of anilines is 3. The average molecular weight is 816 g/mol. The first-order chi connectivity index (χ1) is 31.7. The molecule has 1 aromatic heterocycles. The van der Waals surface area contributed by atoms with Gasteiger partial charge >= 0.3 is 0 Å². The van der Waals surface area contributed by atoms with Crippen LogP contribution in [0.2, 0.25) is 0 Å². The SMILES string of the molecule is c1ccc(-c2cccc3ccccc23)c(-c2ccc(-c3ccccc3N(c3ccc(-c4cccc5ccccc45)cc3)c3ccc(-c4cccc5c4oc4ccccc45)cc3)cc2)c1. The Morgan fingerprint density at radius 1 is 0.250 bits per heavy atom. The van der Waals surface area contributed by atoms with E-state index in [1.165, 1.54) is 54.9 Å². The highest BCUT2D eigenvalue weighted by atomic mass is 16.3. The first-order valence-electron chi connectivity index (χ1n) is 21.9. The first kappa shape index (κ1) is 37.3. The van der Waals surface area contributed by atoms with Gasteiger partial charge < -0.3 is 9.32 Å². The Morgan fingerprint density at radius 2 is 0.656 bits per heavy atom. The van der Waals surface area contributed by atoms with E-state index in [0.29, 0.717) is 0 Å². The monoisotopic (exact) mass is 815 g/mol. The molecule has 11 aromatic carbocycles. The van der Waals surface area contributed by atoms with Gasteiger partial charge in [-0.25, -0.2) is 0 Å². The Kier molecular flexibility index (Phi) is 9.20. The summed E-state index contributed by atoms with van der Waals surface area (Å²) in [5.41, 5.74) is 16.8. The maximum absolute atomic E-state index is 6.47. The van der Waals surface area contributed by atoms with Gasteiger partial charge in [-0.05, 0) is 102 Å². The minimum absolute atomic E-state index is 0.901. The second-order valence-electron chi connectivity index (χ2n) is 16.4. The zero-order chi connectivity index (χ0) is 42.4. The van der Waals surface area contributed by atoms with Crippen LogP contribution in [0.1, 0.15) is 0 Å². The Bertz CT molecular complexity index is 3640. The van der Waals surface area contributed by atoms with Crippen LogP contribution in [-0.4, -0.2) is 0 Å². The van der Waals surface area contributed by atoms with Crippen LogP contribution in [0.15, 0.2) is 253 Å². The van der Waals surface area contributed by atoms with E-state index in [4.69, 9.17) is 4.42 Å². The van der Waals surface area contributed by atoms with E-state index in [-0.39, 0.29) is 0 Å². The van der Waals surface area contributed by atoms with Gasteiger partial charge in [0.2, 0.25) is 0 Å². The maximum Gasteiger partial charge on any atom is 0.143 e. The van der Waals surface area contributed by atoms with Crippen molar-refractivity contribution in [3.63, 3.8) is 0 Å². The summed E-state index contributed by atoms with van der Waals surface area (Å²) in [6.45, 7) is 0. The molecule has 0 spiro atoms. The smallest absolute Gasteiger partial charge is 0.143 e. The van der Waals surface area contributed by atoms with Gasteiger partial charge in [-0.3, -0.25) is 0 Å². The molecule has 0 fully saturated rings. The Morgan fingerprint density at radius 3 is 1.34 bits per heavy atom. The molecule has 0 saturated heterocycles. The molecule has 0 N–H and O–H groups in total. The van der Waals surface area contributed by atoms with E-state index in [9.17, 15) is 0 Å². The van der Waals surface area contributed by atoms with Crippen molar-refractivity contribution in [1.82, 2.24) is 0 Å². The summed E-state index contributed by atoms with van der Waals surface area (Å²) < 4.78 is 6.47. The third-order valence-electron chi connectivity index (χ3n) is 12.7. The summed E-state index contributed by atoms with van der Waals surface area (Å²) in [4.78, 5) is 2.39. The van der Waals surface area contributed by atoms with Crippen molar-refractivity contribution in [3.05, 3.63) is 249 Å². The molecule has 0 radical (unpaired) electrons. The lowest BCUT2D eigenvalue weighted by atomic mass is 9.90. The lowest BCUT2D eigenvalue weighted by Crippen LogP contribution is -2.11. The topological polar surface area (TPSA) is 16.4 Å². The van der Waals surface area contributed by atoms with Crippen LogP contribution in [0.3, 0.4) is 0 Å². The van der Waals surface area contributed by atoms with Gasteiger partial charge in [-0.2, -0.15) is 0 Å². The molecular weight excluding hydrogens is 775 g/mol. The van der Waals surface area contributed by atoms with E-state index in [2.05, 4.69) is 241 Å². The predicted octanol–water partition coefficient (Wildman–Crippen LogP) is 17.7. The van der Waals surface area contributed by atoms with Crippen molar-refractivity contribution in [2.24, 2.45) is 0 Å². The largest absolute Gasteiger partial charge is 0.455 e. The van der Waals surface area contributed by atoms with Crippen LogP contribution in [0.4, 0.5) is 17.1 Å². The lowest BCUT2D eigenvalue weighted by Gasteiger charge is -2.28. The third-order valence-corrected chi connectivity index (χ3v) is 12.7. The summed E-state index contributed by atoms with van der Waals surface area (Å²) in [5.74, 6) is 0. The van der Waals surface area contributed by atoms with Gasteiger partial charge in [0.1, 0.15) is 11.2 Å². The molecule has 0 aliphatic rings. The minimum Gasteiger partial charge on any atom is -0.455 e. The van der Waals surface area contributed by atoms with Crippen LogP contribution in [0.5, 0.6) is 0 Å². The minimum atomic E-state index is 0.901. The fourth-order valence-electron chi connectivity index (χ4n) is 9.63. The fourth-order valence-corrected chi connectivity index (χ4v) is 9.63. The zero-order valence-corrected chi connectivity index (χ0v) is 35.0. The number of hydrogen-bond acceptors (Lipinski definition) is 2. The standard InChI is InChI=1S/C62H41NO/c1-3-18-50-42(14-1)16-11-24-51(50)45-34-38-48(39-35-45)63(49-40-36-47(37-41-49)55-25-13-27-59-58-23-8-10-29-61(58)64-62(55)59)60-28-9-7-21-54(60)46-32-30-44(31-33-46)53-20-5-6-22-56(53)57-26-12-17-43-15-2-4-19-52(43)57/h1-41H. The number of fused-ring (bicyclic) bond motifs is 5. The van der Waals surface area contributed by atoms with E-state index in [1.54, 1.807) is 0 Å². The van der Waals surface area contributed by atoms with Crippen LogP contribution in [-0.2, 0) is 0 Å². The highest BCUT2D eigenvalue weighted by Crippen LogP contribution is 2.44. The third kappa shape index (κ3) is 6.52. The van der Waals surface area contributed by atoms with E-state index >= 15 is 0 Å². The second-order valence-corrected chi connectivity index (χ2v) is 16.4. The van der Waals surface area contributed by atoms with Gasteiger partial charge in [0.25, 0.3) is 0 Å². The highest BCUT2D eigenvalue weighted by Gasteiger charge is 2.19. The van der Waals surface area contributed by atoms with Gasteiger partial charge in [-0.15, -0.1) is 0 Å². The fraction of sp³-hybridized carbons (Fsp3) is 0. The quantitative estimate of drug-likeness (QED) is 0.152. The molecule has 0 unspecified atom stereocenters. The van der Waals surface area contributed by atoms with Crippen molar-refractivity contribution in [1.29, 1.82) is 0 Å². The van der Waals surface area contributed by atoms with Crippen LogP contribution in [0.25, 0.3) is 99.1 Å². The molecule has 12 aromatic rings. The van der Waals surface area contributed by atoms with Gasteiger partial charge in [0, 0.05) is 33.3 Å². The molecule has 2 heteroatoms. The Balaban J connectivity index is 0.957. The summed E-state index contributed by atoms with van der Waals surface area (Å²) in [6, 6.07) is 89.6. The highest BCUT2D eigenvalue weighted by molar-refractivity contribution is 6.09. The lowest BCUT2D eigenvalue weighted by molar-refractivity contribution is 0.670.